The van der Waals surface area contributed by atoms with Crippen molar-refractivity contribution in [3.8, 4) is 17.2 Å². The van der Waals surface area contributed by atoms with Crippen molar-refractivity contribution in [3.63, 3.8) is 0 Å². The maximum Gasteiger partial charge on any atom is 0.266 e. The van der Waals surface area contributed by atoms with Crippen LogP contribution < -0.4 is 19.9 Å². The molecule has 0 fully saturated rings. The van der Waals surface area contributed by atoms with E-state index >= 15 is 0 Å². The van der Waals surface area contributed by atoms with Crippen molar-refractivity contribution in [2.45, 2.75) is 17.3 Å². The number of hydrogen-bond acceptors (Lipinski definition) is 6. The molecule has 4 rings (SSSR count). The molecular weight excluding hydrogens is 450 g/mol. The van der Waals surface area contributed by atoms with Crippen LogP contribution in [0.1, 0.15) is 6.92 Å². The highest BCUT2D eigenvalue weighted by Crippen LogP contribution is 2.32. The van der Waals surface area contributed by atoms with E-state index in [2.05, 4.69) is 0 Å². The van der Waals surface area contributed by atoms with E-state index in [1.54, 1.807) is 62.6 Å². The number of thioether (sulfide) groups is 1. The van der Waals surface area contributed by atoms with E-state index in [0.717, 1.165) is 5.69 Å². The first-order valence-corrected chi connectivity index (χ1v) is 11.6. The second kappa shape index (κ2) is 10.0. The molecule has 34 heavy (non-hydrogen) atoms. The third kappa shape index (κ3) is 4.49. The second-order valence-electron chi connectivity index (χ2n) is 7.58. The van der Waals surface area contributed by atoms with Gasteiger partial charge in [-0.05, 0) is 43.3 Å². The van der Waals surface area contributed by atoms with Crippen LogP contribution in [0.2, 0.25) is 0 Å². The quantitative estimate of drug-likeness (QED) is 0.289. The molecule has 0 aliphatic rings. The van der Waals surface area contributed by atoms with Gasteiger partial charge < -0.3 is 14.4 Å². The standard InChI is InChI=1S/C26H25N3O4S/c1-17(24(30)28(2)18-10-6-5-7-11-18)34-26-27-21-13-9-8-12-20(21)25(31)29(26)19-14-15-22(32-3)23(16-19)33-4/h5-17H,1-4H3/t17-/m0/s1. The lowest BCUT2D eigenvalue weighted by Crippen LogP contribution is -2.33. The molecule has 3 aromatic carbocycles. The minimum atomic E-state index is -0.496. The molecule has 4 aromatic rings. The Morgan fingerprint density at radius 2 is 1.65 bits per heavy atom. The molecule has 0 N–H and O–H groups in total. The van der Waals surface area contributed by atoms with Crippen molar-refractivity contribution in [3.05, 3.63) is 83.2 Å². The molecule has 1 aromatic heterocycles. The lowest BCUT2D eigenvalue weighted by molar-refractivity contribution is -0.117. The molecule has 0 radical (unpaired) electrons. The molecule has 0 unspecified atom stereocenters. The third-order valence-electron chi connectivity index (χ3n) is 5.47. The van der Waals surface area contributed by atoms with Gasteiger partial charge in [0.15, 0.2) is 16.7 Å². The predicted molar refractivity (Wildman–Crippen MR) is 136 cm³/mol. The van der Waals surface area contributed by atoms with Gasteiger partial charge in [0.1, 0.15) is 0 Å². The number of carbonyl (C=O) groups excluding carboxylic acids is 1. The number of anilines is 1. The monoisotopic (exact) mass is 475 g/mol. The van der Waals surface area contributed by atoms with Crippen LogP contribution in [-0.2, 0) is 4.79 Å². The Morgan fingerprint density at radius 1 is 0.971 bits per heavy atom. The van der Waals surface area contributed by atoms with Crippen LogP contribution in [0.25, 0.3) is 16.6 Å². The molecule has 0 saturated carbocycles. The molecule has 0 bridgehead atoms. The summed E-state index contributed by atoms with van der Waals surface area (Å²) < 4.78 is 12.3. The summed E-state index contributed by atoms with van der Waals surface area (Å²) in [6.07, 6.45) is 0. The van der Waals surface area contributed by atoms with Gasteiger partial charge in [-0.15, -0.1) is 0 Å². The molecule has 1 amide bonds. The van der Waals surface area contributed by atoms with E-state index in [1.165, 1.54) is 16.3 Å². The number of methoxy groups -OCH3 is 2. The SMILES string of the molecule is COc1ccc(-n2c(S[C@@H](C)C(=O)N(C)c3ccccc3)nc3ccccc3c2=O)cc1OC. The molecule has 1 heterocycles. The first kappa shape index (κ1) is 23.4. The number of aromatic nitrogens is 2. The number of para-hydroxylation sites is 2. The minimum absolute atomic E-state index is 0.0996. The summed E-state index contributed by atoms with van der Waals surface area (Å²) in [7, 11) is 4.84. The van der Waals surface area contributed by atoms with E-state index in [9.17, 15) is 9.59 Å². The number of hydrogen-bond donors (Lipinski definition) is 0. The lowest BCUT2D eigenvalue weighted by atomic mass is 10.2. The molecule has 0 aliphatic carbocycles. The van der Waals surface area contributed by atoms with Gasteiger partial charge in [0, 0.05) is 18.8 Å². The van der Waals surface area contributed by atoms with E-state index in [4.69, 9.17) is 14.5 Å². The fourth-order valence-corrected chi connectivity index (χ4v) is 4.66. The van der Waals surface area contributed by atoms with Crippen molar-refractivity contribution < 1.29 is 14.3 Å². The summed E-state index contributed by atoms with van der Waals surface area (Å²) in [6.45, 7) is 1.81. The van der Waals surface area contributed by atoms with Crippen LogP contribution >= 0.6 is 11.8 Å². The van der Waals surface area contributed by atoms with Gasteiger partial charge in [0.2, 0.25) is 5.91 Å². The number of nitrogens with zero attached hydrogens (tertiary/aromatic N) is 3. The number of ether oxygens (including phenoxy) is 2. The zero-order valence-electron chi connectivity index (χ0n) is 19.4. The van der Waals surface area contributed by atoms with Crippen LogP contribution in [-0.4, -0.2) is 42.0 Å². The molecule has 1 atom stereocenters. The molecular formula is C26H25N3O4S. The van der Waals surface area contributed by atoms with Crippen LogP contribution in [0.3, 0.4) is 0 Å². The topological polar surface area (TPSA) is 73.7 Å². The first-order valence-electron chi connectivity index (χ1n) is 10.7. The normalized spacial score (nSPS) is 11.8. The molecule has 0 saturated heterocycles. The van der Waals surface area contributed by atoms with Gasteiger partial charge in [0.25, 0.3) is 5.56 Å². The largest absolute Gasteiger partial charge is 0.493 e. The third-order valence-corrected chi connectivity index (χ3v) is 6.51. The van der Waals surface area contributed by atoms with Gasteiger partial charge in [-0.2, -0.15) is 0 Å². The molecule has 8 heteroatoms. The Kier molecular flexibility index (Phi) is 6.88. The van der Waals surface area contributed by atoms with Crippen molar-refractivity contribution in [2.24, 2.45) is 0 Å². The Hall–Kier alpha value is -3.78. The number of carbonyl (C=O) groups is 1. The average molecular weight is 476 g/mol. The number of amides is 1. The van der Waals surface area contributed by atoms with Crippen LogP contribution in [0.4, 0.5) is 5.69 Å². The summed E-state index contributed by atoms with van der Waals surface area (Å²) in [4.78, 5) is 33.1. The van der Waals surface area contributed by atoms with E-state index in [-0.39, 0.29) is 11.5 Å². The highest BCUT2D eigenvalue weighted by atomic mass is 32.2. The van der Waals surface area contributed by atoms with Crippen molar-refractivity contribution in [2.75, 3.05) is 26.2 Å². The molecule has 174 valence electrons. The summed E-state index contributed by atoms with van der Waals surface area (Å²) >= 11 is 1.24. The Bertz CT molecular complexity index is 1390. The molecule has 7 nitrogen and oxygen atoms in total. The molecule has 0 spiro atoms. The second-order valence-corrected chi connectivity index (χ2v) is 8.89. The first-order chi connectivity index (χ1) is 16.4. The Balaban J connectivity index is 1.79. The van der Waals surface area contributed by atoms with Crippen molar-refractivity contribution in [1.82, 2.24) is 9.55 Å². The summed E-state index contributed by atoms with van der Waals surface area (Å²) in [5.41, 5.74) is 1.71. The lowest BCUT2D eigenvalue weighted by Gasteiger charge is -2.22. The van der Waals surface area contributed by atoms with Crippen molar-refractivity contribution >= 4 is 34.3 Å². The number of rotatable bonds is 7. The van der Waals surface area contributed by atoms with Crippen LogP contribution in [0.5, 0.6) is 11.5 Å². The predicted octanol–water partition coefficient (Wildman–Crippen LogP) is 4.55. The summed E-state index contributed by atoms with van der Waals surface area (Å²) in [6, 6.07) is 21.8. The minimum Gasteiger partial charge on any atom is -0.493 e. The fourth-order valence-electron chi connectivity index (χ4n) is 3.64. The summed E-state index contributed by atoms with van der Waals surface area (Å²) in [5, 5.41) is 0.407. The van der Waals surface area contributed by atoms with Gasteiger partial charge in [-0.1, -0.05) is 42.1 Å². The highest BCUT2D eigenvalue weighted by Gasteiger charge is 2.24. The Morgan fingerprint density at radius 3 is 2.35 bits per heavy atom. The van der Waals surface area contributed by atoms with Gasteiger partial charge >= 0.3 is 0 Å². The van der Waals surface area contributed by atoms with E-state index in [0.29, 0.717) is 33.2 Å². The van der Waals surface area contributed by atoms with Gasteiger partial charge in [0.05, 0.1) is 36.1 Å². The van der Waals surface area contributed by atoms with E-state index in [1.807, 2.05) is 43.3 Å². The number of fused-ring (bicyclic) bond motifs is 1. The Labute approximate surface area is 201 Å². The number of benzene rings is 3. The molecule has 0 aliphatic heterocycles. The van der Waals surface area contributed by atoms with Crippen LogP contribution in [0, 0.1) is 0 Å². The maximum absolute atomic E-state index is 13.6. The van der Waals surface area contributed by atoms with E-state index < -0.39 is 5.25 Å². The van der Waals surface area contributed by atoms with Gasteiger partial charge in [-0.25, -0.2) is 4.98 Å². The summed E-state index contributed by atoms with van der Waals surface area (Å²) in [5.74, 6) is 0.941. The zero-order chi connectivity index (χ0) is 24.2. The average Bonchev–Trinajstić information content (AvgIpc) is 2.88. The van der Waals surface area contributed by atoms with Crippen molar-refractivity contribution in [1.29, 1.82) is 0 Å². The van der Waals surface area contributed by atoms with Gasteiger partial charge in [-0.3, -0.25) is 14.2 Å². The van der Waals surface area contributed by atoms with Crippen LogP contribution in [0.15, 0.2) is 82.7 Å². The fraction of sp³-hybridized carbons (Fsp3) is 0.192. The highest BCUT2D eigenvalue weighted by molar-refractivity contribution is 8.00. The maximum atomic E-state index is 13.6. The smallest absolute Gasteiger partial charge is 0.266 e. The zero-order valence-corrected chi connectivity index (χ0v) is 20.2.